The Morgan fingerprint density at radius 2 is 0.799 bits per heavy atom. The average Bonchev–Trinajstić information content (AvgIpc) is 1.61. The highest BCUT2D eigenvalue weighted by Crippen LogP contribution is 2.51. The van der Waals surface area contributed by atoms with Crippen molar-refractivity contribution in [3.05, 3.63) is 179 Å². The first-order valence-corrected chi connectivity index (χ1v) is 50.9. The number of rotatable bonds is 22. The molecule has 5 aliphatic rings. The largest absolute Gasteiger partial charge is 0.398 e. The number of aryl methyl sites for hydroxylation is 4. The Balaban J connectivity index is 0.000000143. The lowest BCUT2D eigenvalue weighted by Gasteiger charge is -2.25. The van der Waals surface area contributed by atoms with Crippen LogP contribution in [0.1, 0.15) is 132 Å². The quantitative estimate of drug-likeness (QED) is 0.0182. The molecule has 2 aliphatic carbocycles. The molecule has 5 fully saturated rings. The molecule has 33 nitrogen and oxygen atoms in total. The Kier molecular flexibility index (Phi) is 31.4. The fourth-order valence-corrected chi connectivity index (χ4v) is 19.4. The number of halogens is 13. The van der Waals surface area contributed by atoms with E-state index in [4.69, 9.17) is 60.5 Å². The van der Waals surface area contributed by atoms with E-state index in [1.54, 1.807) is 119 Å². The highest BCUT2D eigenvalue weighted by molar-refractivity contribution is 7.98. The van der Waals surface area contributed by atoms with Crippen LogP contribution in [0.2, 0.25) is 15.3 Å². The molecule has 5 atom stereocenters. The van der Waals surface area contributed by atoms with Crippen LogP contribution in [0.3, 0.4) is 0 Å². The third kappa shape index (κ3) is 24.4. The molecule has 4 aromatic carbocycles. The summed E-state index contributed by atoms with van der Waals surface area (Å²) < 4.78 is 236. The van der Waals surface area contributed by atoms with Gasteiger partial charge in [0.25, 0.3) is 31.1 Å². The number of alkyl halides is 10. The van der Waals surface area contributed by atoms with Gasteiger partial charge in [-0.15, -0.1) is 11.8 Å². The summed E-state index contributed by atoms with van der Waals surface area (Å²) in [5.41, 5.74) is 24.4. The zero-order valence-corrected chi connectivity index (χ0v) is 80.9. The van der Waals surface area contributed by atoms with Crippen molar-refractivity contribution < 1.29 is 93.0 Å². The number of Topliss-reactive ketones (excluding diaryl/α,β-unsaturated/α-hetero) is 1. The number of carbonyl (C=O) groups excluding carboxylic acids is 2. The number of primary amides is 1. The summed E-state index contributed by atoms with van der Waals surface area (Å²) in [6, 6.07) is 31.8. The molecule has 0 radical (unpaired) electrons. The first kappa shape index (κ1) is 103. The zero-order chi connectivity index (χ0) is 100. The number of carbonyl (C=O) groups is 2. The zero-order valence-electron chi connectivity index (χ0n) is 75.4. The van der Waals surface area contributed by atoms with Gasteiger partial charge in [-0.1, -0.05) is 59.1 Å². The van der Waals surface area contributed by atoms with Crippen molar-refractivity contribution in [1.29, 1.82) is 0 Å². The minimum absolute atomic E-state index is 0.00863. The van der Waals surface area contributed by atoms with E-state index in [0.717, 1.165) is 84.0 Å². The Labute approximate surface area is 808 Å². The molecule has 2 saturated carbocycles. The average molecular weight is 2070 g/mol. The van der Waals surface area contributed by atoms with E-state index in [-0.39, 0.29) is 110 Å². The maximum atomic E-state index is 14.3. The van der Waals surface area contributed by atoms with E-state index in [0.29, 0.717) is 68.0 Å². The minimum Gasteiger partial charge on any atom is -0.398 e. The second kappa shape index (κ2) is 42.3. The first-order valence-electron chi connectivity index (χ1n) is 42.9. The molecule has 10 aromatic heterocycles. The summed E-state index contributed by atoms with van der Waals surface area (Å²) >= 11 is 19.8. The van der Waals surface area contributed by atoms with Gasteiger partial charge < -0.3 is 42.0 Å². The van der Waals surface area contributed by atoms with Gasteiger partial charge in [-0.3, -0.25) is 42.0 Å². The molecule has 3 saturated heterocycles. The molecule has 13 heterocycles. The van der Waals surface area contributed by atoms with Gasteiger partial charge in [0.15, 0.2) is 63.9 Å². The van der Waals surface area contributed by atoms with E-state index < -0.39 is 127 Å². The van der Waals surface area contributed by atoms with Crippen LogP contribution in [-0.2, 0) is 87.9 Å². The van der Waals surface area contributed by atoms with Crippen LogP contribution < -0.4 is 27.8 Å². The second-order valence-corrected chi connectivity index (χ2v) is 41.2. The van der Waals surface area contributed by atoms with Crippen LogP contribution in [0, 0.1) is 11.8 Å². The van der Waals surface area contributed by atoms with Gasteiger partial charge >= 0.3 is 0 Å². The van der Waals surface area contributed by atoms with E-state index in [2.05, 4.69) is 72.7 Å². The van der Waals surface area contributed by atoms with Crippen LogP contribution in [0.25, 0.3) is 78.5 Å². The number of fused-ring (bicyclic) bond motifs is 3. The summed E-state index contributed by atoms with van der Waals surface area (Å²) in [7, 11) is -3.62. The smallest absolute Gasteiger partial charge is 0.295 e. The summed E-state index contributed by atoms with van der Waals surface area (Å²) in [5.74, 6) is -11.6. The number of hydrogen-bond acceptors (Lipinski definition) is 26. The monoisotopic (exact) mass is 2070 g/mol. The second-order valence-electron chi connectivity index (χ2n) is 33.3. The Bertz CT molecular complexity index is 7290. The molecule has 19 rings (SSSR count). The summed E-state index contributed by atoms with van der Waals surface area (Å²) in [6.07, 6.45) is 7.09. The third-order valence-corrected chi connectivity index (χ3v) is 27.5. The number of sulfone groups is 3. The number of ketones is 1. The number of amides is 1. The highest BCUT2D eigenvalue weighted by Gasteiger charge is 2.61. The maximum Gasteiger partial charge on any atom is 0.295 e. The molecule has 14 aromatic rings. The molecule has 0 spiro atoms. The molecule has 50 heteroatoms. The van der Waals surface area contributed by atoms with Crippen molar-refractivity contribution in [2.75, 3.05) is 66.9 Å². The van der Waals surface area contributed by atoms with Gasteiger partial charge in [0.2, 0.25) is 5.91 Å². The van der Waals surface area contributed by atoms with Gasteiger partial charge in [-0.2, -0.15) is 20.4 Å². The number of imidazole rings is 3. The minimum atomic E-state index is -3.82. The number of nitrogens with one attached hydrogen (secondary N) is 2. The lowest BCUT2D eigenvalue weighted by atomic mass is 10.1. The van der Waals surface area contributed by atoms with Crippen molar-refractivity contribution in [3.63, 3.8) is 0 Å². The number of ether oxygens (including phenoxy) is 3. The van der Waals surface area contributed by atoms with E-state index in [1.165, 1.54) is 50.1 Å². The van der Waals surface area contributed by atoms with E-state index in [9.17, 15) is 78.7 Å². The number of thioether (sulfide) groups is 1. The normalized spacial score (nSPS) is 17.8. The van der Waals surface area contributed by atoms with E-state index in [1.807, 2.05) is 43.8 Å². The fourth-order valence-electron chi connectivity index (χ4n) is 15.6. The van der Waals surface area contributed by atoms with Gasteiger partial charge in [-0.05, 0) is 149 Å². The first-order chi connectivity index (χ1) is 65.6. The van der Waals surface area contributed by atoms with Gasteiger partial charge in [0.1, 0.15) is 57.2 Å². The number of hydrogen-bond donors (Lipinski definition) is 5. The molecule has 1 amide bonds. The molecular formula is C89H93Cl3F10N22O11S4. The molecule has 139 heavy (non-hydrogen) atoms. The van der Waals surface area contributed by atoms with Crippen molar-refractivity contribution in [2.24, 2.45) is 45.8 Å². The third-order valence-electron chi connectivity index (χ3n) is 22.6. The van der Waals surface area contributed by atoms with Crippen LogP contribution in [0.5, 0.6) is 0 Å². The van der Waals surface area contributed by atoms with Crippen molar-refractivity contribution >= 4 is 155 Å². The number of nitrogen functional groups attached to an aromatic ring is 2. The predicted molar refractivity (Wildman–Crippen MR) is 504 cm³/mol. The number of anilines is 6. The van der Waals surface area contributed by atoms with Crippen molar-refractivity contribution in [1.82, 2.24) is 82.7 Å². The molecule has 0 bridgehead atoms. The van der Waals surface area contributed by atoms with Crippen LogP contribution in [0.15, 0.2) is 160 Å². The van der Waals surface area contributed by atoms with Gasteiger partial charge in [0, 0.05) is 150 Å². The number of nitrogens with zero attached hydrogens (tertiary/aromatic N) is 17. The standard InChI is InChI=1S/C28H28F4N6O4S.C23H23ClF2N6O3S.C12H11Cl2F2N3O.C11H13N3O2S.C11H13N3S.C4H5F2NO/c1-37-9-8-18(36-37)15-6-7-19(22(11-15)43(2,40)41)34-20-12-16(13-21(39)17-14-28(17,31)32)33-26-24(20)35-27(25(29)30)38(26)23-5-3-4-10-42-23;1-31-9-8-14(30-31)13-6-7-15(17(11-13)36(2,33)34)27-16-12-18(24)28-22-20(16)29-23(21(25)26)32(22)19-5-3-4-10-35-19;13-6-5-7(14)17-11-9(6)18-12(10(15)16)19(11)8-3-1-2-4-20-8;1-14-6-5-10(13-14)8-3-4-9(12)11(7-8)17(2,15)16;1-14-6-5-10(13-14)8-3-4-9(12)11(7-8)15-2;5-4(6)1-2(4)3(7)8/h6-9,11-12,17,23,25H,3-5,10,13-14H2,1-2H3,(H,33,34);6-9,11-12,19,21H,3-5,10H2,1-2H3,(H,27,28);5,8,10H,1-4H2;3-7H,12H2,1-2H3;3-7H,12H2,1-2H3;2H,1H2,(H2,7,8). The van der Waals surface area contributed by atoms with Gasteiger partial charge in [-0.25, -0.2) is 99.1 Å². The summed E-state index contributed by atoms with van der Waals surface area (Å²) in [5, 5.41) is 23.6. The maximum absolute atomic E-state index is 14.3. The van der Waals surface area contributed by atoms with Crippen LogP contribution >= 0.6 is 46.6 Å². The number of pyridine rings is 3. The van der Waals surface area contributed by atoms with Crippen molar-refractivity contribution in [2.45, 2.75) is 146 Å². The molecule has 8 N–H and O–H groups in total. The SMILES string of the molecule is CSc1cc(-c2ccn(C)n2)ccc1N.Cn1ccc(-c2ccc(N)c(S(C)(=O)=O)c2)n1.Cn1ccc(-c2ccc(Nc3cc(CC(=O)C4CC4(F)F)nc4c3nc(C(F)F)n4C3CCCCO3)c(S(C)(=O)=O)c2)n1.Cn1ccc(-c2ccc(Nc3cc(Cl)nc4c3nc(C(F)F)n4C3CCCCO3)c(S(C)(=O)=O)c2)n1.FC(F)c1nc2c(Cl)cc(Cl)nc2n1C1CCCCO1.NC(=O)C1CC1(F)F. The van der Waals surface area contributed by atoms with E-state index >= 15 is 0 Å². The Hall–Kier alpha value is -11.8. The lowest BCUT2D eigenvalue weighted by molar-refractivity contribution is -0.122. The molecular weight excluding hydrogens is 1980 g/mol. The molecule has 740 valence electrons. The molecule has 3 aliphatic heterocycles. The molecule has 5 unspecified atom stereocenters. The predicted octanol–water partition coefficient (Wildman–Crippen LogP) is 18.6. The van der Waals surface area contributed by atoms with Crippen LogP contribution in [-0.4, -0.2) is 176 Å². The Morgan fingerprint density at radius 1 is 0.453 bits per heavy atom. The summed E-state index contributed by atoms with van der Waals surface area (Å²) in [4.78, 5) is 48.8. The van der Waals surface area contributed by atoms with Crippen LogP contribution in [0.4, 0.5) is 78.0 Å². The number of nitrogens with two attached hydrogens (primary N) is 3. The van der Waals surface area contributed by atoms with Gasteiger partial charge in [0.05, 0.1) is 82.5 Å². The lowest BCUT2D eigenvalue weighted by Crippen LogP contribution is -2.21. The van der Waals surface area contributed by atoms with Crippen molar-refractivity contribution in [3.8, 4) is 45.0 Å². The fraction of sp³-hybridized carbons (Fsp3) is 0.371. The number of benzene rings is 4. The topological polar surface area (TPSA) is 430 Å². The number of aromatic nitrogens is 17. The highest BCUT2D eigenvalue weighted by atomic mass is 35.5. The Morgan fingerprint density at radius 3 is 1.14 bits per heavy atom. The summed E-state index contributed by atoms with van der Waals surface area (Å²) in [6.45, 7) is 1.31.